The van der Waals surface area contributed by atoms with Gasteiger partial charge in [0.2, 0.25) is 0 Å². The summed E-state index contributed by atoms with van der Waals surface area (Å²) in [7, 11) is 0. The van der Waals surface area contributed by atoms with Crippen LogP contribution in [0.25, 0.3) is 0 Å². The minimum absolute atomic E-state index is 0.118. The number of nitrogens with one attached hydrogen (secondary N) is 2. The van der Waals surface area contributed by atoms with Gasteiger partial charge in [-0.05, 0) is 19.4 Å². The summed E-state index contributed by atoms with van der Waals surface area (Å²) in [4.78, 5) is 26.4. The molecule has 0 aromatic carbocycles. The highest BCUT2D eigenvalue weighted by atomic mass is 16.3. The zero-order valence-corrected chi connectivity index (χ0v) is 14.4. The number of aryl methyl sites for hydroxylation is 1. The largest absolute Gasteiger partial charge is 0.395 e. The van der Waals surface area contributed by atoms with E-state index in [1.807, 2.05) is 13.8 Å². The number of aromatic amines is 1. The molecular weight excluding hydrogens is 324 g/mol. The second-order valence-electron chi connectivity index (χ2n) is 5.98. The van der Waals surface area contributed by atoms with Crippen LogP contribution in [0.5, 0.6) is 0 Å². The van der Waals surface area contributed by atoms with Crippen LogP contribution < -0.4 is 5.32 Å². The molecule has 1 aliphatic rings. The molecule has 2 aromatic rings. The van der Waals surface area contributed by atoms with Crippen LogP contribution in [-0.4, -0.2) is 61.5 Å². The van der Waals surface area contributed by atoms with E-state index in [1.54, 1.807) is 15.6 Å². The first kappa shape index (κ1) is 17.2. The van der Waals surface area contributed by atoms with Gasteiger partial charge in [0.1, 0.15) is 0 Å². The SMILES string of the molecule is CCc1[nH]nc(C(=O)N2CCn3nc(C(=O)NCCO)cc3C2)c1C. The molecule has 3 rings (SSSR count). The normalized spacial score (nSPS) is 13.6. The van der Waals surface area contributed by atoms with Crippen molar-refractivity contribution in [1.29, 1.82) is 0 Å². The lowest BCUT2D eigenvalue weighted by atomic mass is 10.1. The molecule has 0 aliphatic carbocycles. The van der Waals surface area contributed by atoms with Crippen LogP contribution in [0.4, 0.5) is 0 Å². The number of carbonyl (C=O) groups excluding carboxylic acids is 2. The molecule has 0 saturated heterocycles. The minimum atomic E-state index is -0.329. The topological polar surface area (TPSA) is 116 Å². The minimum Gasteiger partial charge on any atom is -0.395 e. The fourth-order valence-electron chi connectivity index (χ4n) is 2.95. The third-order valence-corrected chi connectivity index (χ3v) is 4.38. The van der Waals surface area contributed by atoms with Crippen LogP contribution in [0.15, 0.2) is 6.07 Å². The molecule has 0 fully saturated rings. The van der Waals surface area contributed by atoms with E-state index in [-0.39, 0.29) is 25.0 Å². The Balaban J connectivity index is 1.74. The van der Waals surface area contributed by atoms with Crippen molar-refractivity contribution in [2.24, 2.45) is 0 Å². The summed E-state index contributed by atoms with van der Waals surface area (Å²) in [5, 5.41) is 22.7. The predicted octanol–water partition coefficient (Wildman–Crippen LogP) is -0.145. The van der Waals surface area contributed by atoms with Crippen molar-refractivity contribution >= 4 is 11.8 Å². The van der Waals surface area contributed by atoms with Crippen molar-refractivity contribution in [3.05, 3.63) is 34.4 Å². The van der Waals surface area contributed by atoms with Crippen molar-refractivity contribution in [3.63, 3.8) is 0 Å². The number of H-pyrrole nitrogens is 1. The summed E-state index contributed by atoms with van der Waals surface area (Å²) in [6.07, 6.45) is 0.797. The summed E-state index contributed by atoms with van der Waals surface area (Å²) in [5.41, 5.74) is 3.40. The first-order valence-electron chi connectivity index (χ1n) is 8.34. The predicted molar refractivity (Wildman–Crippen MR) is 89.1 cm³/mol. The highest BCUT2D eigenvalue weighted by molar-refractivity contribution is 5.94. The van der Waals surface area contributed by atoms with E-state index in [0.29, 0.717) is 31.0 Å². The first-order valence-corrected chi connectivity index (χ1v) is 8.34. The third-order valence-electron chi connectivity index (χ3n) is 4.38. The molecule has 0 bridgehead atoms. The van der Waals surface area contributed by atoms with Gasteiger partial charge in [-0.1, -0.05) is 6.92 Å². The van der Waals surface area contributed by atoms with Crippen LogP contribution in [0, 0.1) is 6.92 Å². The summed E-state index contributed by atoms with van der Waals surface area (Å²) in [5.74, 6) is -0.447. The van der Waals surface area contributed by atoms with Gasteiger partial charge < -0.3 is 15.3 Å². The molecule has 1 aliphatic heterocycles. The number of hydrogen-bond donors (Lipinski definition) is 3. The van der Waals surface area contributed by atoms with Gasteiger partial charge in [0.15, 0.2) is 11.4 Å². The van der Waals surface area contributed by atoms with Crippen LogP contribution in [0.1, 0.15) is 44.9 Å². The Kier molecular flexibility index (Phi) is 4.84. The molecule has 3 heterocycles. The third kappa shape index (κ3) is 3.27. The van der Waals surface area contributed by atoms with E-state index < -0.39 is 0 Å². The average molecular weight is 346 g/mol. The van der Waals surface area contributed by atoms with E-state index in [9.17, 15) is 9.59 Å². The van der Waals surface area contributed by atoms with Crippen molar-refractivity contribution in [1.82, 2.24) is 30.2 Å². The van der Waals surface area contributed by atoms with Gasteiger partial charge in [0, 0.05) is 24.3 Å². The van der Waals surface area contributed by atoms with Crippen molar-refractivity contribution in [3.8, 4) is 0 Å². The van der Waals surface area contributed by atoms with E-state index in [2.05, 4.69) is 20.6 Å². The van der Waals surface area contributed by atoms with Gasteiger partial charge >= 0.3 is 0 Å². The van der Waals surface area contributed by atoms with Crippen molar-refractivity contribution in [2.45, 2.75) is 33.4 Å². The fraction of sp³-hybridized carbons (Fsp3) is 0.500. The summed E-state index contributed by atoms with van der Waals surface area (Å²) in [6, 6.07) is 1.68. The molecule has 9 heteroatoms. The zero-order chi connectivity index (χ0) is 18.0. The van der Waals surface area contributed by atoms with E-state index in [4.69, 9.17) is 5.11 Å². The molecule has 9 nitrogen and oxygen atoms in total. The molecule has 0 atom stereocenters. The summed E-state index contributed by atoms with van der Waals surface area (Å²) >= 11 is 0. The van der Waals surface area contributed by atoms with Gasteiger partial charge in [-0.2, -0.15) is 10.2 Å². The number of aliphatic hydroxyl groups is 1. The van der Waals surface area contributed by atoms with E-state index >= 15 is 0 Å². The lowest BCUT2D eigenvalue weighted by Crippen LogP contribution is -2.38. The molecule has 0 radical (unpaired) electrons. The van der Waals surface area contributed by atoms with Gasteiger partial charge in [-0.15, -0.1) is 0 Å². The molecule has 3 N–H and O–H groups in total. The van der Waals surface area contributed by atoms with E-state index in [0.717, 1.165) is 23.4 Å². The number of amides is 2. The van der Waals surface area contributed by atoms with Gasteiger partial charge in [0.25, 0.3) is 11.8 Å². The molecule has 0 unspecified atom stereocenters. The average Bonchev–Trinajstić information content (AvgIpc) is 3.21. The van der Waals surface area contributed by atoms with Crippen LogP contribution in [0.2, 0.25) is 0 Å². The number of hydrogen-bond acceptors (Lipinski definition) is 5. The highest BCUT2D eigenvalue weighted by Crippen LogP contribution is 2.18. The Morgan fingerprint density at radius 3 is 2.88 bits per heavy atom. The molecule has 25 heavy (non-hydrogen) atoms. The maximum atomic E-state index is 12.7. The van der Waals surface area contributed by atoms with E-state index in [1.165, 1.54) is 0 Å². The Hall–Kier alpha value is -2.68. The molecule has 134 valence electrons. The quantitative estimate of drug-likeness (QED) is 0.696. The smallest absolute Gasteiger partial charge is 0.275 e. The maximum Gasteiger partial charge on any atom is 0.275 e. The number of carbonyl (C=O) groups is 2. The highest BCUT2D eigenvalue weighted by Gasteiger charge is 2.27. The molecule has 0 saturated carbocycles. The van der Waals surface area contributed by atoms with Crippen LogP contribution >= 0.6 is 0 Å². The molecule has 2 aromatic heterocycles. The number of aromatic nitrogens is 4. The van der Waals surface area contributed by atoms with Crippen molar-refractivity contribution < 1.29 is 14.7 Å². The van der Waals surface area contributed by atoms with Crippen LogP contribution in [-0.2, 0) is 19.5 Å². The number of nitrogens with zero attached hydrogens (tertiary/aromatic N) is 4. The van der Waals surface area contributed by atoms with Gasteiger partial charge in [-0.3, -0.25) is 19.4 Å². The lowest BCUT2D eigenvalue weighted by Gasteiger charge is -2.27. The zero-order valence-electron chi connectivity index (χ0n) is 14.4. The van der Waals surface area contributed by atoms with Gasteiger partial charge in [0.05, 0.1) is 25.4 Å². The van der Waals surface area contributed by atoms with Crippen molar-refractivity contribution in [2.75, 3.05) is 19.7 Å². The summed E-state index contributed by atoms with van der Waals surface area (Å²) < 4.78 is 1.74. The Bertz CT molecular complexity index is 794. The Labute approximate surface area is 145 Å². The summed E-state index contributed by atoms with van der Waals surface area (Å²) in [6.45, 7) is 5.39. The molecule has 2 amide bonds. The maximum absolute atomic E-state index is 12.7. The Morgan fingerprint density at radius 1 is 1.40 bits per heavy atom. The monoisotopic (exact) mass is 346 g/mol. The number of fused-ring (bicyclic) bond motifs is 1. The number of rotatable bonds is 5. The Morgan fingerprint density at radius 2 is 2.20 bits per heavy atom. The standard InChI is InChI=1S/C16H22N6O3/c1-3-12-10(2)14(19-18-12)16(25)21-5-6-22-11(9-21)8-13(20-22)15(24)17-4-7-23/h8,23H,3-7,9H2,1-2H3,(H,17,24)(H,18,19). The lowest BCUT2D eigenvalue weighted by molar-refractivity contribution is 0.0698. The first-order chi connectivity index (χ1) is 12.0. The fourth-order valence-corrected chi connectivity index (χ4v) is 2.95. The van der Waals surface area contributed by atoms with Crippen LogP contribution in [0.3, 0.4) is 0 Å². The molecule has 0 spiro atoms. The van der Waals surface area contributed by atoms with Gasteiger partial charge in [-0.25, -0.2) is 0 Å². The molecular formula is C16H22N6O3. The second kappa shape index (κ2) is 7.06. The second-order valence-corrected chi connectivity index (χ2v) is 5.98. The number of aliphatic hydroxyl groups excluding tert-OH is 1.